The molecule has 0 saturated carbocycles. The number of ether oxygens (including phenoxy) is 2. The number of carboxylic acids is 1. The third-order valence-corrected chi connectivity index (χ3v) is 6.23. The van der Waals surface area contributed by atoms with Gasteiger partial charge in [-0.2, -0.15) is 18.2 Å². The van der Waals surface area contributed by atoms with Gasteiger partial charge in [0.2, 0.25) is 17.9 Å². The molecule has 12 heteroatoms. The molecule has 1 aliphatic rings. The molecule has 40 heavy (non-hydrogen) atoms. The largest absolute Gasteiger partial charge is 0.491 e. The molecule has 206 valence electrons. The fraction of sp³-hybridized carbons (Fsp3) is 0.179. The van der Waals surface area contributed by atoms with Gasteiger partial charge in [0.25, 0.3) is 0 Å². The highest BCUT2D eigenvalue weighted by molar-refractivity contribution is 5.74. The molecule has 0 radical (unpaired) electrons. The number of hydrogen-bond donors (Lipinski definition) is 3. The summed E-state index contributed by atoms with van der Waals surface area (Å²) in [5.74, 6) is -1.82. The fourth-order valence-electron chi connectivity index (χ4n) is 4.23. The minimum atomic E-state index is -4.80. The molecule has 0 bridgehead atoms. The molecule has 0 spiro atoms. The number of nitrogens with zero attached hydrogens (tertiary/aromatic N) is 2. The summed E-state index contributed by atoms with van der Waals surface area (Å²) in [5, 5.41) is 12.1. The van der Waals surface area contributed by atoms with E-state index in [2.05, 4.69) is 15.3 Å². The van der Waals surface area contributed by atoms with E-state index in [1.807, 2.05) is 0 Å². The lowest BCUT2D eigenvalue weighted by Crippen LogP contribution is -2.39. The highest BCUT2D eigenvalue weighted by Gasteiger charge is 2.43. The smallest absolute Gasteiger partial charge is 0.429 e. The third kappa shape index (κ3) is 5.96. The van der Waals surface area contributed by atoms with Crippen LogP contribution in [0.2, 0.25) is 0 Å². The number of alkyl halides is 3. The first-order chi connectivity index (χ1) is 19.1. The van der Waals surface area contributed by atoms with Crippen molar-refractivity contribution in [2.45, 2.75) is 24.9 Å². The Morgan fingerprint density at radius 2 is 1.77 bits per heavy atom. The molecular formula is C28H22F4N4O4. The average Bonchev–Trinajstić information content (AvgIpc) is 3.13. The van der Waals surface area contributed by atoms with Gasteiger partial charge in [-0.15, -0.1) is 0 Å². The molecule has 0 fully saturated rings. The summed E-state index contributed by atoms with van der Waals surface area (Å²) in [7, 11) is 0. The average molecular weight is 555 g/mol. The molecule has 0 amide bonds. The number of carboxylic acid groups (broad SMARTS) is 1. The zero-order valence-electron chi connectivity index (χ0n) is 20.7. The van der Waals surface area contributed by atoms with E-state index in [0.29, 0.717) is 28.0 Å². The lowest BCUT2D eigenvalue weighted by molar-refractivity contribution is -0.198. The highest BCUT2D eigenvalue weighted by Crippen LogP contribution is 2.38. The molecule has 0 aliphatic carbocycles. The van der Waals surface area contributed by atoms with E-state index >= 15 is 0 Å². The van der Waals surface area contributed by atoms with Crippen LogP contribution >= 0.6 is 0 Å². The molecule has 0 saturated heterocycles. The summed E-state index contributed by atoms with van der Waals surface area (Å²) < 4.78 is 66.8. The zero-order valence-corrected chi connectivity index (χ0v) is 20.7. The van der Waals surface area contributed by atoms with Crippen molar-refractivity contribution in [1.82, 2.24) is 15.3 Å². The van der Waals surface area contributed by atoms with Gasteiger partial charge in [0.05, 0.1) is 5.69 Å². The van der Waals surface area contributed by atoms with Crippen LogP contribution in [0.1, 0.15) is 17.2 Å². The fourth-order valence-corrected chi connectivity index (χ4v) is 4.23. The lowest BCUT2D eigenvalue weighted by atomic mass is 10.0. The highest BCUT2D eigenvalue weighted by atomic mass is 19.4. The number of fused-ring (bicyclic) bond motifs is 1. The van der Waals surface area contributed by atoms with Gasteiger partial charge in [-0.1, -0.05) is 48.5 Å². The van der Waals surface area contributed by atoms with Crippen molar-refractivity contribution in [3.8, 4) is 34.0 Å². The second-order valence-corrected chi connectivity index (χ2v) is 9.03. The van der Waals surface area contributed by atoms with Gasteiger partial charge >= 0.3 is 12.1 Å². The maximum Gasteiger partial charge on any atom is 0.429 e. The van der Waals surface area contributed by atoms with E-state index in [9.17, 15) is 27.5 Å². The quantitative estimate of drug-likeness (QED) is 0.280. The Bertz CT molecular complexity index is 1550. The van der Waals surface area contributed by atoms with Crippen molar-refractivity contribution in [3.05, 3.63) is 89.7 Å². The number of rotatable bonds is 6. The van der Waals surface area contributed by atoms with Crippen LogP contribution in [0.5, 0.6) is 11.6 Å². The number of carbonyl (C=O) groups is 1. The monoisotopic (exact) mass is 554 g/mol. The van der Waals surface area contributed by atoms with E-state index in [-0.39, 0.29) is 30.4 Å². The second kappa shape index (κ2) is 10.8. The van der Waals surface area contributed by atoms with E-state index in [4.69, 9.17) is 15.2 Å². The number of halogens is 4. The van der Waals surface area contributed by atoms with Crippen LogP contribution in [-0.2, 0) is 11.3 Å². The number of benzene rings is 3. The molecule has 2 heterocycles. The number of aromatic nitrogens is 2. The van der Waals surface area contributed by atoms with Crippen molar-refractivity contribution in [2.24, 2.45) is 0 Å². The first-order valence-electron chi connectivity index (χ1n) is 12.0. The maximum atomic E-state index is 14.1. The standard InChI is InChI=1S/C28H22F4N4O4/c29-20-3-1-2-17(10-20)15-4-6-16(7-5-15)25(28(30,31)32)40-24-12-21(35-27(33)36-24)18-8-9-19-13-34-22(26(37)38)14-39-23(19)11-18/h1-12,22,25,34H,13-14H2,(H,37,38)(H2,33,35,36). The predicted molar refractivity (Wildman–Crippen MR) is 137 cm³/mol. The number of nitrogens with two attached hydrogens (primary N) is 1. The molecule has 5 rings (SSSR count). The van der Waals surface area contributed by atoms with Gasteiger partial charge in [-0.05, 0) is 29.3 Å². The summed E-state index contributed by atoms with van der Waals surface area (Å²) >= 11 is 0. The minimum Gasteiger partial charge on any atom is -0.491 e. The van der Waals surface area contributed by atoms with Crippen molar-refractivity contribution in [2.75, 3.05) is 12.3 Å². The van der Waals surface area contributed by atoms with Gasteiger partial charge < -0.3 is 20.3 Å². The summed E-state index contributed by atoms with van der Waals surface area (Å²) in [4.78, 5) is 19.3. The van der Waals surface area contributed by atoms with Crippen molar-refractivity contribution < 1.29 is 36.9 Å². The van der Waals surface area contributed by atoms with Crippen LogP contribution < -0.4 is 20.5 Å². The van der Waals surface area contributed by atoms with Crippen LogP contribution in [-0.4, -0.2) is 39.9 Å². The maximum absolute atomic E-state index is 14.1. The number of aliphatic carboxylic acids is 1. The van der Waals surface area contributed by atoms with Crippen LogP contribution in [0, 0.1) is 5.82 Å². The first-order valence-corrected chi connectivity index (χ1v) is 12.0. The molecule has 8 nitrogen and oxygen atoms in total. The van der Waals surface area contributed by atoms with Gasteiger partial charge in [-0.25, -0.2) is 9.37 Å². The summed E-state index contributed by atoms with van der Waals surface area (Å²) in [6.45, 7) is 0.134. The molecule has 2 atom stereocenters. The van der Waals surface area contributed by atoms with Crippen LogP contribution in [0.4, 0.5) is 23.5 Å². The molecular weight excluding hydrogens is 532 g/mol. The minimum absolute atomic E-state index is 0.114. The van der Waals surface area contributed by atoms with Crippen LogP contribution in [0.3, 0.4) is 0 Å². The van der Waals surface area contributed by atoms with Gasteiger partial charge in [0, 0.05) is 29.3 Å². The third-order valence-electron chi connectivity index (χ3n) is 6.23. The number of anilines is 1. The number of nitrogen functional groups attached to an aromatic ring is 1. The normalized spacial score (nSPS) is 15.8. The second-order valence-electron chi connectivity index (χ2n) is 9.03. The summed E-state index contributed by atoms with van der Waals surface area (Å²) in [6, 6.07) is 16.4. The molecule has 1 aromatic heterocycles. The predicted octanol–water partition coefficient (Wildman–Crippen LogP) is 5.15. The Morgan fingerprint density at radius 1 is 1.02 bits per heavy atom. The van der Waals surface area contributed by atoms with E-state index in [1.165, 1.54) is 48.5 Å². The molecule has 4 aromatic rings. The van der Waals surface area contributed by atoms with Crippen molar-refractivity contribution >= 4 is 11.9 Å². The van der Waals surface area contributed by atoms with E-state index in [1.54, 1.807) is 24.3 Å². The molecule has 4 N–H and O–H groups in total. The summed E-state index contributed by atoms with van der Waals surface area (Å²) in [5.41, 5.74) is 8.01. The zero-order chi connectivity index (χ0) is 28.4. The van der Waals surface area contributed by atoms with Gasteiger partial charge in [0.15, 0.2) is 0 Å². The lowest BCUT2D eigenvalue weighted by Gasteiger charge is -2.22. The molecule has 2 unspecified atom stereocenters. The Hall–Kier alpha value is -4.71. The van der Waals surface area contributed by atoms with E-state index < -0.39 is 36.0 Å². The summed E-state index contributed by atoms with van der Waals surface area (Å²) in [6.07, 6.45) is -7.17. The van der Waals surface area contributed by atoms with E-state index in [0.717, 1.165) is 0 Å². The Kier molecular flexibility index (Phi) is 7.26. The number of hydrogen-bond acceptors (Lipinski definition) is 7. The van der Waals surface area contributed by atoms with Crippen molar-refractivity contribution in [3.63, 3.8) is 0 Å². The van der Waals surface area contributed by atoms with Crippen LogP contribution in [0.25, 0.3) is 22.4 Å². The molecule has 1 aliphatic heterocycles. The Labute approximate surface area is 225 Å². The Balaban J connectivity index is 1.41. The van der Waals surface area contributed by atoms with Gasteiger partial charge in [0.1, 0.15) is 24.2 Å². The first kappa shape index (κ1) is 26.9. The van der Waals surface area contributed by atoms with Crippen LogP contribution in [0.15, 0.2) is 72.8 Å². The van der Waals surface area contributed by atoms with Crippen molar-refractivity contribution in [1.29, 1.82) is 0 Å². The topological polar surface area (TPSA) is 120 Å². The molecule has 3 aromatic carbocycles. The number of nitrogens with one attached hydrogen (secondary N) is 1. The SMILES string of the molecule is Nc1nc(OC(c2ccc(-c3cccc(F)c3)cc2)C(F)(F)F)cc(-c2ccc3c(c2)OCC(C(=O)O)NC3)n1. The Morgan fingerprint density at radius 3 is 2.48 bits per heavy atom. The van der Waals surface area contributed by atoms with Gasteiger partial charge in [-0.3, -0.25) is 10.1 Å².